The topological polar surface area (TPSA) is 86.6 Å². The number of carbonyl (C=O) groups excluding carboxylic acids is 2. The van der Waals surface area contributed by atoms with E-state index in [1.807, 2.05) is 0 Å². The molecule has 1 amide bonds. The molecule has 0 aliphatic carbocycles. The fourth-order valence-electron chi connectivity index (χ4n) is 0.998. The summed E-state index contributed by atoms with van der Waals surface area (Å²) in [5, 5.41) is 20.5. The van der Waals surface area contributed by atoms with Gasteiger partial charge in [0.25, 0.3) is 0 Å². The minimum atomic E-state index is -0.852. The number of carbonyl (C=O) groups is 2. The van der Waals surface area contributed by atoms with Gasteiger partial charge in [-0.3, -0.25) is 9.59 Å². The molecule has 94 valence electrons. The van der Waals surface area contributed by atoms with Gasteiger partial charge in [0.05, 0.1) is 18.6 Å². The van der Waals surface area contributed by atoms with Crippen LogP contribution in [0.15, 0.2) is 0 Å². The van der Waals surface area contributed by atoms with E-state index >= 15 is 0 Å². The molecular formula is C10H19NO4S. The average Bonchev–Trinajstić information content (AvgIpc) is 2.24. The maximum atomic E-state index is 11.5. The second kappa shape index (κ2) is 8.55. The van der Waals surface area contributed by atoms with E-state index in [-0.39, 0.29) is 17.6 Å². The number of hydrogen-bond donors (Lipinski definition) is 3. The van der Waals surface area contributed by atoms with Crippen LogP contribution in [0.25, 0.3) is 0 Å². The smallest absolute Gasteiger partial charge is 0.219 e. The number of aliphatic hydroxyl groups is 2. The predicted octanol–water partition coefficient (Wildman–Crippen LogP) is -0.238. The highest BCUT2D eigenvalue weighted by atomic mass is 32.2. The summed E-state index contributed by atoms with van der Waals surface area (Å²) in [7, 11) is 0. The predicted molar refractivity (Wildman–Crippen MR) is 63.0 cm³/mol. The van der Waals surface area contributed by atoms with Crippen molar-refractivity contribution in [3.63, 3.8) is 0 Å². The van der Waals surface area contributed by atoms with Crippen molar-refractivity contribution >= 4 is 22.8 Å². The van der Waals surface area contributed by atoms with Gasteiger partial charge >= 0.3 is 0 Å². The summed E-state index contributed by atoms with van der Waals surface area (Å²) in [6.07, 6.45) is -0.429. The summed E-state index contributed by atoms with van der Waals surface area (Å²) in [6, 6.07) is 0. The van der Waals surface area contributed by atoms with Crippen molar-refractivity contribution < 1.29 is 19.8 Å². The van der Waals surface area contributed by atoms with Crippen LogP contribution in [0.5, 0.6) is 0 Å². The highest BCUT2D eigenvalue weighted by Crippen LogP contribution is 2.14. The first kappa shape index (κ1) is 15.4. The number of aliphatic hydroxyl groups excluding tert-OH is 2. The number of amides is 1. The van der Waals surface area contributed by atoms with Gasteiger partial charge in [-0.1, -0.05) is 18.7 Å². The normalized spacial score (nSPS) is 14.2. The SMILES string of the molecule is CCC(=O)NCCSC(=O)[C@H](CO)[C@@H](C)O. The first-order valence-electron chi connectivity index (χ1n) is 5.25. The Balaban J connectivity index is 3.76. The van der Waals surface area contributed by atoms with Crippen LogP contribution in [0.4, 0.5) is 0 Å². The summed E-state index contributed by atoms with van der Waals surface area (Å²) in [5.41, 5.74) is 0. The van der Waals surface area contributed by atoms with Gasteiger partial charge in [-0.2, -0.15) is 0 Å². The van der Waals surface area contributed by atoms with E-state index in [1.54, 1.807) is 6.92 Å². The zero-order valence-corrected chi connectivity index (χ0v) is 10.4. The van der Waals surface area contributed by atoms with Gasteiger partial charge in [-0.15, -0.1) is 0 Å². The van der Waals surface area contributed by atoms with Crippen molar-refractivity contribution in [2.24, 2.45) is 5.92 Å². The minimum absolute atomic E-state index is 0.0534. The lowest BCUT2D eigenvalue weighted by molar-refractivity contribution is -0.121. The Morgan fingerprint density at radius 2 is 2.06 bits per heavy atom. The molecule has 0 bridgehead atoms. The molecule has 3 N–H and O–H groups in total. The number of thioether (sulfide) groups is 1. The molecule has 0 aromatic carbocycles. The quantitative estimate of drug-likeness (QED) is 0.542. The molecule has 2 atom stereocenters. The van der Waals surface area contributed by atoms with Crippen LogP contribution < -0.4 is 5.32 Å². The third-order valence-electron chi connectivity index (χ3n) is 2.07. The van der Waals surface area contributed by atoms with Crippen molar-refractivity contribution in [2.45, 2.75) is 26.4 Å². The van der Waals surface area contributed by atoms with E-state index in [2.05, 4.69) is 5.32 Å². The Bertz CT molecular complexity index is 233. The van der Waals surface area contributed by atoms with E-state index in [0.29, 0.717) is 18.7 Å². The molecule has 0 spiro atoms. The van der Waals surface area contributed by atoms with Crippen LogP contribution in [0.1, 0.15) is 20.3 Å². The van der Waals surface area contributed by atoms with Gasteiger partial charge in [0.15, 0.2) is 5.12 Å². The van der Waals surface area contributed by atoms with Gasteiger partial charge < -0.3 is 15.5 Å². The van der Waals surface area contributed by atoms with Gasteiger partial charge in [0, 0.05) is 18.7 Å². The lowest BCUT2D eigenvalue weighted by Crippen LogP contribution is -2.29. The molecule has 16 heavy (non-hydrogen) atoms. The van der Waals surface area contributed by atoms with Crippen LogP contribution in [-0.2, 0) is 9.59 Å². The lowest BCUT2D eigenvalue weighted by Gasteiger charge is -2.15. The average molecular weight is 249 g/mol. The highest BCUT2D eigenvalue weighted by molar-refractivity contribution is 8.13. The molecular weight excluding hydrogens is 230 g/mol. The van der Waals surface area contributed by atoms with Crippen LogP contribution in [0, 0.1) is 5.92 Å². The maximum Gasteiger partial charge on any atom is 0.219 e. The van der Waals surface area contributed by atoms with Crippen molar-refractivity contribution in [1.82, 2.24) is 5.32 Å². The van der Waals surface area contributed by atoms with Crippen molar-refractivity contribution in [1.29, 1.82) is 0 Å². The molecule has 0 saturated heterocycles. The van der Waals surface area contributed by atoms with Crippen molar-refractivity contribution in [3.8, 4) is 0 Å². The largest absolute Gasteiger partial charge is 0.395 e. The van der Waals surface area contributed by atoms with E-state index in [1.165, 1.54) is 6.92 Å². The number of rotatable bonds is 7. The van der Waals surface area contributed by atoms with Crippen LogP contribution in [0.2, 0.25) is 0 Å². The summed E-state index contributed by atoms with van der Waals surface area (Å²) in [6.45, 7) is 3.28. The first-order chi connectivity index (χ1) is 7.52. The van der Waals surface area contributed by atoms with Crippen LogP contribution in [-0.4, -0.2) is 46.2 Å². The Hall–Kier alpha value is -0.590. The minimum Gasteiger partial charge on any atom is -0.395 e. The molecule has 5 nitrogen and oxygen atoms in total. The van der Waals surface area contributed by atoms with E-state index < -0.39 is 12.0 Å². The van der Waals surface area contributed by atoms with Gasteiger partial charge in [0.2, 0.25) is 5.91 Å². The molecule has 0 heterocycles. The zero-order valence-electron chi connectivity index (χ0n) is 9.60. The Morgan fingerprint density at radius 3 is 2.50 bits per heavy atom. The third kappa shape index (κ3) is 6.09. The fourth-order valence-corrected chi connectivity index (χ4v) is 1.89. The molecule has 0 fully saturated rings. The van der Waals surface area contributed by atoms with E-state index in [4.69, 9.17) is 5.11 Å². The second-order valence-corrected chi connectivity index (χ2v) is 4.50. The number of nitrogens with one attached hydrogen (secondary N) is 1. The Labute approximate surface area is 99.6 Å². The maximum absolute atomic E-state index is 11.5. The van der Waals surface area contributed by atoms with Gasteiger partial charge in [0.1, 0.15) is 0 Å². The van der Waals surface area contributed by atoms with Gasteiger partial charge in [-0.25, -0.2) is 0 Å². The third-order valence-corrected chi connectivity index (χ3v) is 3.07. The molecule has 0 rings (SSSR count). The summed E-state index contributed by atoms with van der Waals surface area (Å²) in [5.74, 6) is -0.345. The van der Waals surface area contributed by atoms with Crippen LogP contribution >= 0.6 is 11.8 Å². The van der Waals surface area contributed by atoms with Crippen molar-refractivity contribution in [2.75, 3.05) is 18.9 Å². The monoisotopic (exact) mass is 249 g/mol. The molecule has 6 heteroatoms. The summed E-state index contributed by atoms with van der Waals surface area (Å²) in [4.78, 5) is 22.3. The molecule has 0 aromatic rings. The fraction of sp³-hybridized carbons (Fsp3) is 0.800. The second-order valence-electron chi connectivity index (χ2n) is 3.40. The summed E-state index contributed by atoms with van der Waals surface area (Å²) >= 11 is 1.02. The standard InChI is InChI=1S/C10H19NO4S/c1-3-9(14)11-4-5-16-10(15)8(6-12)7(2)13/h7-8,12-13H,3-6H2,1-2H3,(H,11,14)/t7-,8-/m1/s1. The van der Waals surface area contributed by atoms with Crippen molar-refractivity contribution in [3.05, 3.63) is 0 Å². The molecule has 0 aliphatic heterocycles. The highest BCUT2D eigenvalue weighted by Gasteiger charge is 2.22. The molecule has 0 unspecified atom stereocenters. The number of hydrogen-bond acceptors (Lipinski definition) is 5. The lowest BCUT2D eigenvalue weighted by atomic mass is 10.1. The summed E-state index contributed by atoms with van der Waals surface area (Å²) < 4.78 is 0. The van der Waals surface area contributed by atoms with Crippen LogP contribution in [0.3, 0.4) is 0 Å². The first-order valence-corrected chi connectivity index (χ1v) is 6.23. The molecule has 0 aromatic heterocycles. The Kier molecular flexibility index (Phi) is 8.23. The molecule has 0 aliphatic rings. The van der Waals surface area contributed by atoms with Gasteiger partial charge in [-0.05, 0) is 6.92 Å². The van der Waals surface area contributed by atoms with E-state index in [9.17, 15) is 14.7 Å². The Morgan fingerprint density at radius 1 is 1.44 bits per heavy atom. The zero-order chi connectivity index (χ0) is 12.6. The van der Waals surface area contributed by atoms with E-state index in [0.717, 1.165) is 11.8 Å². The molecule has 0 radical (unpaired) electrons. The molecule has 0 saturated carbocycles.